The van der Waals surface area contributed by atoms with Crippen molar-refractivity contribution >= 4 is 28.0 Å². The summed E-state index contributed by atoms with van der Waals surface area (Å²) in [7, 11) is 0. The predicted molar refractivity (Wildman–Crippen MR) is 122 cm³/mol. The molecule has 6 heteroatoms. The van der Waals surface area contributed by atoms with Gasteiger partial charge in [-0.1, -0.05) is 76.6 Å². The number of benzene rings is 3. The highest BCUT2D eigenvalue weighted by atomic mass is 79.9. The Kier molecular flexibility index (Phi) is 6.37. The molecule has 3 aromatic carbocycles. The van der Waals surface area contributed by atoms with Crippen LogP contribution < -0.4 is 5.32 Å². The number of hydrogen-bond acceptors (Lipinski definition) is 3. The molecule has 1 aliphatic carbocycles. The lowest BCUT2D eigenvalue weighted by atomic mass is 9.98. The summed E-state index contributed by atoms with van der Waals surface area (Å²) < 4.78 is 6.38. The second kappa shape index (κ2) is 9.35. The maximum atomic E-state index is 12.3. The van der Waals surface area contributed by atoms with Crippen LogP contribution in [0.1, 0.15) is 22.6 Å². The van der Waals surface area contributed by atoms with Crippen molar-refractivity contribution in [2.24, 2.45) is 5.92 Å². The number of nitrogens with one attached hydrogen (secondary N) is 1. The molecule has 3 aromatic rings. The van der Waals surface area contributed by atoms with Gasteiger partial charge in [0.25, 0.3) is 0 Å². The monoisotopic (exact) mass is 479 g/mol. The lowest BCUT2D eigenvalue weighted by Crippen LogP contribution is -2.35. The van der Waals surface area contributed by atoms with E-state index in [0.717, 1.165) is 32.3 Å². The maximum Gasteiger partial charge on any atom is 0.407 e. The van der Waals surface area contributed by atoms with Crippen molar-refractivity contribution in [1.82, 2.24) is 5.32 Å². The number of ether oxygens (including phenoxy) is 1. The lowest BCUT2D eigenvalue weighted by Gasteiger charge is -2.16. The van der Waals surface area contributed by atoms with Gasteiger partial charge in [0, 0.05) is 16.9 Å². The Morgan fingerprint density at radius 2 is 1.61 bits per heavy atom. The fraction of sp³-hybridized carbons (Fsp3) is 0.200. The third-order valence-electron chi connectivity index (χ3n) is 5.56. The molecule has 0 aliphatic heterocycles. The summed E-state index contributed by atoms with van der Waals surface area (Å²) in [6.07, 6.45) is -0.291. The Morgan fingerprint density at radius 1 is 0.968 bits per heavy atom. The van der Waals surface area contributed by atoms with Crippen LogP contribution in [0.15, 0.2) is 77.3 Å². The SMILES string of the molecule is O=C(NCC(Cc1cccc(Br)c1)C(=O)O)OCC1c2ccccc2-c2ccccc21. The molecule has 158 valence electrons. The predicted octanol–water partition coefficient (Wildman–Crippen LogP) is 5.23. The molecule has 0 bridgehead atoms. The number of amides is 1. The minimum absolute atomic E-state index is 0.00147. The van der Waals surface area contributed by atoms with Crippen LogP contribution in [-0.4, -0.2) is 30.3 Å². The molecule has 0 saturated heterocycles. The summed E-state index contributed by atoms with van der Waals surface area (Å²) in [6.45, 7) is 0.196. The molecule has 0 radical (unpaired) electrons. The number of carbonyl (C=O) groups is 2. The normalized spacial score (nSPS) is 13.2. The minimum Gasteiger partial charge on any atom is -0.481 e. The van der Waals surface area contributed by atoms with E-state index in [4.69, 9.17) is 4.74 Å². The average molecular weight is 480 g/mol. The number of rotatable bonds is 7. The first kappa shape index (κ1) is 21.1. The lowest BCUT2D eigenvalue weighted by molar-refractivity contribution is -0.141. The van der Waals surface area contributed by atoms with Gasteiger partial charge in [0.05, 0.1) is 5.92 Å². The molecule has 4 rings (SSSR count). The van der Waals surface area contributed by atoms with Gasteiger partial charge in [-0.2, -0.15) is 0 Å². The highest BCUT2D eigenvalue weighted by Gasteiger charge is 2.29. The Labute approximate surface area is 189 Å². The fourth-order valence-electron chi connectivity index (χ4n) is 4.05. The van der Waals surface area contributed by atoms with Gasteiger partial charge in [0.15, 0.2) is 0 Å². The van der Waals surface area contributed by atoms with Crippen LogP contribution in [0.5, 0.6) is 0 Å². The Hall–Kier alpha value is -3.12. The molecule has 31 heavy (non-hydrogen) atoms. The van der Waals surface area contributed by atoms with Gasteiger partial charge >= 0.3 is 12.1 Å². The third-order valence-corrected chi connectivity index (χ3v) is 6.05. The second-order valence-electron chi connectivity index (χ2n) is 7.58. The molecule has 1 amide bonds. The standard InChI is InChI=1S/C25H22BrNO4/c26-18-7-5-6-16(13-18)12-17(24(28)29)14-27-25(30)31-15-23-21-10-3-1-8-19(21)20-9-2-4-11-22(20)23/h1-11,13,17,23H,12,14-15H2,(H,27,30)(H,28,29). The molecule has 0 heterocycles. The zero-order valence-electron chi connectivity index (χ0n) is 16.8. The van der Waals surface area contributed by atoms with Crippen LogP contribution in [0.4, 0.5) is 4.79 Å². The first-order valence-electron chi connectivity index (χ1n) is 10.1. The molecule has 1 atom stereocenters. The molecule has 1 unspecified atom stereocenters. The van der Waals surface area contributed by atoms with Gasteiger partial charge in [-0.15, -0.1) is 0 Å². The van der Waals surface area contributed by atoms with Gasteiger partial charge in [-0.05, 0) is 46.4 Å². The molecular weight excluding hydrogens is 458 g/mol. The van der Waals surface area contributed by atoms with E-state index in [9.17, 15) is 14.7 Å². The summed E-state index contributed by atoms with van der Waals surface area (Å²) >= 11 is 3.39. The number of carboxylic acids is 1. The summed E-state index contributed by atoms with van der Waals surface area (Å²) in [5.74, 6) is -1.73. The van der Waals surface area contributed by atoms with Gasteiger partial charge in [0.2, 0.25) is 0 Å². The number of aliphatic carboxylic acids is 1. The molecular formula is C25H22BrNO4. The molecule has 5 nitrogen and oxygen atoms in total. The smallest absolute Gasteiger partial charge is 0.407 e. The number of carbonyl (C=O) groups excluding carboxylic acids is 1. The van der Waals surface area contributed by atoms with E-state index in [1.807, 2.05) is 48.5 Å². The van der Waals surface area contributed by atoms with Crippen LogP contribution in [-0.2, 0) is 16.0 Å². The van der Waals surface area contributed by atoms with Crippen molar-refractivity contribution < 1.29 is 19.4 Å². The maximum absolute atomic E-state index is 12.3. The van der Waals surface area contributed by atoms with Crippen LogP contribution in [0.25, 0.3) is 11.1 Å². The van der Waals surface area contributed by atoms with E-state index >= 15 is 0 Å². The van der Waals surface area contributed by atoms with E-state index in [1.165, 1.54) is 0 Å². The van der Waals surface area contributed by atoms with Crippen LogP contribution >= 0.6 is 15.9 Å². The first-order chi connectivity index (χ1) is 15.0. The number of alkyl carbamates (subject to hydrolysis) is 1. The summed E-state index contributed by atoms with van der Waals surface area (Å²) in [4.78, 5) is 24.0. The highest BCUT2D eigenvalue weighted by Crippen LogP contribution is 2.44. The molecule has 0 saturated carbocycles. The average Bonchev–Trinajstić information content (AvgIpc) is 3.09. The second-order valence-corrected chi connectivity index (χ2v) is 8.49. The van der Waals surface area contributed by atoms with E-state index in [2.05, 4.69) is 45.5 Å². The van der Waals surface area contributed by atoms with Gasteiger partial charge < -0.3 is 15.2 Å². The van der Waals surface area contributed by atoms with Crippen LogP contribution in [0, 0.1) is 5.92 Å². The number of hydrogen-bond donors (Lipinski definition) is 2. The topological polar surface area (TPSA) is 75.6 Å². The van der Waals surface area contributed by atoms with Gasteiger partial charge in [-0.3, -0.25) is 4.79 Å². The molecule has 2 N–H and O–H groups in total. The van der Waals surface area contributed by atoms with E-state index in [-0.39, 0.29) is 19.1 Å². The highest BCUT2D eigenvalue weighted by molar-refractivity contribution is 9.10. The first-order valence-corrected chi connectivity index (χ1v) is 10.9. The fourth-order valence-corrected chi connectivity index (χ4v) is 4.50. The van der Waals surface area contributed by atoms with Gasteiger partial charge in [-0.25, -0.2) is 4.79 Å². The largest absolute Gasteiger partial charge is 0.481 e. The third kappa shape index (κ3) is 4.80. The van der Waals surface area contributed by atoms with Crippen molar-refractivity contribution in [3.8, 4) is 11.1 Å². The molecule has 0 aromatic heterocycles. The number of carboxylic acid groups (broad SMARTS) is 1. The van der Waals surface area contributed by atoms with Gasteiger partial charge in [0.1, 0.15) is 6.61 Å². The van der Waals surface area contributed by atoms with E-state index < -0.39 is 18.0 Å². The minimum atomic E-state index is -0.959. The summed E-state index contributed by atoms with van der Waals surface area (Å²) in [5.41, 5.74) is 5.47. The summed E-state index contributed by atoms with van der Waals surface area (Å²) in [6, 6.07) is 23.7. The number of halogens is 1. The van der Waals surface area contributed by atoms with Crippen LogP contribution in [0.3, 0.4) is 0 Å². The molecule has 0 spiro atoms. The van der Waals surface area contributed by atoms with Crippen molar-refractivity contribution in [1.29, 1.82) is 0 Å². The van der Waals surface area contributed by atoms with E-state index in [1.54, 1.807) is 0 Å². The van der Waals surface area contributed by atoms with Crippen molar-refractivity contribution in [3.63, 3.8) is 0 Å². The molecule has 0 fully saturated rings. The van der Waals surface area contributed by atoms with Crippen LogP contribution in [0.2, 0.25) is 0 Å². The van der Waals surface area contributed by atoms with Crippen molar-refractivity contribution in [2.75, 3.05) is 13.2 Å². The molecule has 1 aliphatic rings. The van der Waals surface area contributed by atoms with Crippen molar-refractivity contribution in [2.45, 2.75) is 12.3 Å². The Morgan fingerprint density at radius 3 is 2.23 bits per heavy atom. The zero-order chi connectivity index (χ0) is 21.8. The summed E-state index contributed by atoms with van der Waals surface area (Å²) in [5, 5.41) is 12.2. The van der Waals surface area contributed by atoms with E-state index in [0.29, 0.717) is 6.42 Å². The van der Waals surface area contributed by atoms with Crippen molar-refractivity contribution in [3.05, 3.63) is 94.0 Å². The number of fused-ring (bicyclic) bond motifs is 3. The Bertz CT molecular complexity index is 1070. The quantitative estimate of drug-likeness (QED) is 0.486. The zero-order valence-corrected chi connectivity index (χ0v) is 18.3. The Balaban J connectivity index is 1.36.